The minimum atomic E-state index is -0.716. The predicted octanol–water partition coefficient (Wildman–Crippen LogP) is 4.13. The molecule has 4 rings (SSSR count). The van der Waals surface area contributed by atoms with E-state index in [1.54, 1.807) is 18.2 Å². The maximum Gasteiger partial charge on any atom is 0.336 e. The molecule has 5 heteroatoms. The smallest absolute Gasteiger partial charge is 0.336 e. The van der Waals surface area contributed by atoms with Crippen molar-refractivity contribution in [2.75, 3.05) is 0 Å². The van der Waals surface area contributed by atoms with Gasteiger partial charge in [0.2, 0.25) is 0 Å². The van der Waals surface area contributed by atoms with Crippen LogP contribution in [-0.2, 0) is 16.0 Å². The van der Waals surface area contributed by atoms with Crippen molar-refractivity contribution in [3.8, 4) is 5.75 Å². The van der Waals surface area contributed by atoms with Gasteiger partial charge in [-0.1, -0.05) is 30.3 Å². The van der Waals surface area contributed by atoms with E-state index >= 15 is 0 Å². The van der Waals surface area contributed by atoms with Crippen molar-refractivity contribution < 1.29 is 18.7 Å². The highest BCUT2D eigenvalue weighted by Crippen LogP contribution is 2.37. The predicted molar refractivity (Wildman–Crippen MR) is 106 cm³/mol. The molecular weight excluding hydrogens is 356 g/mol. The van der Waals surface area contributed by atoms with Crippen molar-refractivity contribution in [3.63, 3.8) is 0 Å². The number of esters is 1. The molecule has 0 amide bonds. The Morgan fingerprint density at radius 3 is 2.71 bits per heavy atom. The summed E-state index contributed by atoms with van der Waals surface area (Å²) in [6.45, 7) is 3.75. The topological polar surface area (TPSA) is 65.7 Å². The number of carbonyl (C=O) groups excluding carboxylic acids is 1. The molecule has 2 aromatic carbocycles. The van der Waals surface area contributed by atoms with Crippen molar-refractivity contribution >= 4 is 23.0 Å². The van der Waals surface area contributed by atoms with Crippen LogP contribution in [0.2, 0.25) is 0 Å². The lowest BCUT2D eigenvalue weighted by Gasteiger charge is -2.39. The van der Waals surface area contributed by atoms with Gasteiger partial charge in [-0.25, -0.2) is 9.59 Å². The number of rotatable bonds is 3. The van der Waals surface area contributed by atoms with Gasteiger partial charge in [0.25, 0.3) is 0 Å². The third-order valence-corrected chi connectivity index (χ3v) is 4.83. The first-order valence-electron chi connectivity index (χ1n) is 9.10. The molecule has 0 bridgehead atoms. The molecule has 0 fully saturated rings. The highest BCUT2D eigenvalue weighted by molar-refractivity contribution is 5.87. The zero-order valence-electron chi connectivity index (χ0n) is 15.7. The Balaban J connectivity index is 1.56. The molecule has 3 aromatic rings. The fourth-order valence-corrected chi connectivity index (χ4v) is 3.28. The van der Waals surface area contributed by atoms with Gasteiger partial charge >= 0.3 is 11.6 Å². The summed E-state index contributed by atoms with van der Waals surface area (Å²) in [6, 6.07) is 16.3. The summed E-state index contributed by atoms with van der Waals surface area (Å²) in [7, 11) is 0. The van der Waals surface area contributed by atoms with E-state index in [0.29, 0.717) is 17.8 Å². The molecule has 1 aliphatic heterocycles. The summed E-state index contributed by atoms with van der Waals surface area (Å²) in [5.74, 6) is 0.222. The lowest BCUT2D eigenvalue weighted by Crippen LogP contribution is -2.48. The van der Waals surface area contributed by atoms with Gasteiger partial charge in [-0.2, -0.15) is 0 Å². The van der Waals surface area contributed by atoms with E-state index in [-0.39, 0.29) is 0 Å². The van der Waals surface area contributed by atoms with Crippen LogP contribution >= 0.6 is 0 Å². The average molecular weight is 376 g/mol. The minimum absolute atomic E-state index is 0.403. The normalized spacial score (nSPS) is 17.9. The van der Waals surface area contributed by atoms with Crippen molar-refractivity contribution in [2.45, 2.75) is 32.0 Å². The van der Waals surface area contributed by atoms with Gasteiger partial charge in [0.15, 0.2) is 0 Å². The lowest BCUT2D eigenvalue weighted by molar-refractivity contribution is -0.155. The Morgan fingerprint density at radius 2 is 1.93 bits per heavy atom. The Hall–Kier alpha value is -3.34. The fraction of sp³-hybridized carbons (Fsp3) is 0.217. The minimum Gasteiger partial charge on any atom is -0.484 e. The van der Waals surface area contributed by atoms with Crippen molar-refractivity contribution in [1.82, 2.24) is 0 Å². The van der Waals surface area contributed by atoms with Crippen LogP contribution in [0.4, 0.5) is 0 Å². The van der Waals surface area contributed by atoms with Crippen LogP contribution in [0.25, 0.3) is 17.0 Å². The molecule has 0 radical (unpaired) electrons. The molecule has 0 N–H and O–H groups in total. The summed E-state index contributed by atoms with van der Waals surface area (Å²) in [5, 5.41) is 0.802. The number of benzene rings is 2. The second-order valence-corrected chi connectivity index (χ2v) is 7.33. The van der Waals surface area contributed by atoms with Gasteiger partial charge in [0.05, 0.1) is 0 Å². The first-order chi connectivity index (χ1) is 13.4. The Kier molecular flexibility index (Phi) is 4.51. The number of hydrogen-bond donors (Lipinski definition) is 0. The van der Waals surface area contributed by atoms with Gasteiger partial charge in [-0.3, -0.25) is 0 Å². The molecule has 142 valence electrons. The van der Waals surface area contributed by atoms with Crippen molar-refractivity contribution in [2.24, 2.45) is 0 Å². The van der Waals surface area contributed by atoms with Crippen LogP contribution < -0.4 is 10.4 Å². The Morgan fingerprint density at radius 1 is 1.14 bits per heavy atom. The quantitative estimate of drug-likeness (QED) is 0.391. The van der Waals surface area contributed by atoms with Crippen LogP contribution in [0.3, 0.4) is 0 Å². The van der Waals surface area contributed by atoms with Crippen LogP contribution in [-0.4, -0.2) is 17.7 Å². The molecule has 1 aromatic heterocycles. The van der Waals surface area contributed by atoms with Crippen LogP contribution in [0.15, 0.2) is 69.9 Å². The fourth-order valence-electron chi connectivity index (χ4n) is 3.28. The van der Waals surface area contributed by atoms with E-state index < -0.39 is 23.3 Å². The molecule has 0 saturated carbocycles. The first-order valence-corrected chi connectivity index (χ1v) is 9.10. The molecule has 0 unspecified atom stereocenters. The maximum atomic E-state index is 12.3. The molecule has 0 spiro atoms. The Labute approximate surface area is 162 Å². The molecular formula is C23H20O5. The number of hydrogen-bond acceptors (Lipinski definition) is 5. The summed E-state index contributed by atoms with van der Waals surface area (Å²) in [4.78, 5) is 23.8. The third-order valence-electron chi connectivity index (χ3n) is 4.83. The lowest BCUT2D eigenvalue weighted by atomic mass is 9.90. The van der Waals surface area contributed by atoms with Gasteiger partial charge < -0.3 is 13.9 Å². The molecule has 0 aliphatic carbocycles. The molecule has 1 atom stereocenters. The van der Waals surface area contributed by atoms with E-state index in [0.717, 1.165) is 16.5 Å². The van der Waals surface area contributed by atoms with Crippen molar-refractivity contribution in [3.05, 3.63) is 82.2 Å². The SMILES string of the molecule is CC1(C)Oc2cc3oc(=O)ccc3cc2C[C@H]1OC(=O)C=Cc1ccccc1. The molecule has 2 heterocycles. The average Bonchev–Trinajstić information content (AvgIpc) is 2.66. The van der Waals surface area contributed by atoms with Crippen molar-refractivity contribution in [1.29, 1.82) is 0 Å². The third kappa shape index (κ3) is 3.69. The molecule has 0 saturated heterocycles. The maximum absolute atomic E-state index is 12.3. The highest BCUT2D eigenvalue weighted by Gasteiger charge is 2.39. The van der Waals surface area contributed by atoms with Gasteiger partial charge in [-0.15, -0.1) is 0 Å². The van der Waals surface area contributed by atoms with Crippen LogP contribution in [0, 0.1) is 0 Å². The van der Waals surface area contributed by atoms with E-state index in [4.69, 9.17) is 13.9 Å². The van der Waals surface area contributed by atoms with Crippen LogP contribution in [0.5, 0.6) is 5.75 Å². The molecule has 1 aliphatic rings. The van der Waals surface area contributed by atoms with Gasteiger partial charge in [0, 0.05) is 30.0 Å². The molecule has 5 nitrogen and oxygen atoms in total. The first kappa shape index (κ1) is 18.0. The zero-order chi connectivity index (χ0) is 19.7. The standard InChI is InChI=1S/C23H20O5/c1-23(2)20(27-22(25)10-8-15-6-4-3-5-7-15)13-17-12-16-9-11-21(24)26-18(16)14-19(17)28-23/h3-12,14,20H,13H2,1-2H3/t20-/m1/s1. The van der Waals surface area contributed by atoms with E-state index in [1.807, 2.05) is 50.2 Å². The second-order valence-electron chi connectivity index (χ2n) is 7.33. The van der Waals surface area contributed by atoms with E-state index in [9.17, 15) is 9.59 Å². The van der Waals surface area contributed by atoms with Gasteiger partial charge in [0.1, 0.15) is 23.0 Å². The van der Waals surface area contributed by atoms with Crippen LogP contribution in [0.1, 0.15) is 25.0 Å². The number of carbonyl (C=O) groups is 1. The zero-order valence-corrected chi connectivity index (χ0v) is 15.7. The highest BCUT2D eigenvalue weighted by atomic mass is 16.6. The summed E-state index contributed by atoms with van der Waals surface area (Å²) in [6.07, 6.45) is 3.22. The molecule has 28 heavy (non-hydrogen) atoms. The van der Waals surface area contributed by atoms with E-state index in [1.165, 1.54) is 12.1 Å². The largest absolute Gasteiger partial charge is 0.484 e. The Bertz CT molecular complexity index is 1110. The van der Waals surface area contributed by atoms with E-state index in [2.05, 4.69) is 0 Å². The monoisotopic (exact) mass is 376 g/mol. The summed E-state index contributed by atoms with van der Waals surface area (Å²) < 4.78 is 17.0. The number of fused-ring (bicyclic) bond motifs is 2. The summed E-state index contributed by atoms with van der Waals surface area (Å²) in [5.41, 5.74) is 1.19. The number of ether oxygens (including phenoxy) is 2. The summed E-state index contributed by atoms with van der Waals surface area (Å²) >= 11 is 0. The second kappa shape index (κ2) is 7.00. The van der Waals surface area contributed by atoms with Gasteiger partial charge in [-0.05, 0) is 43.2 Å².